The third-order valence-electron chi connectivity index (χ3n) is 3.19. The van der Waals surface area contributed by atoms with E-state index in [1.54, 1.807) is 6.07 Å². The van der Waals surface area contributed by atoms with Gasteiger partial charge < -0.3 is 9.84 Å². The van der Waals surface area contributed by atoms with Gasteiger partial charge in [-0.2, -0.15) is 0 Å². The number of hydrogen-bond donors (Lipinski definition) is 1. The maximum atomic E-state index is 13.8. The predicted molar refractivity (Wildman–Crippen MR) is 68.6 cm³/mol. The van der Waals surface area contributed by atoms with Crippen molar-refractivity contribution in [2.24, 2.45) is 0 Å². The molecule has 4 nitrogen and oxygen atoms in total. The highest BCUT2D eigenvalue weighted by molar-refractivity contribution is 5.87. The number of nitrogens with zero attached hydrogens (tertiary/aromatic N) is 1. The zero-order chi connectivity index (χ0) is 14.0. The molecule has 1 fully saturated rings. The molecular weight excluding hydrogens is 249 g/mol. The first-order chi connectivity index (χ1) is 8.95. The molecule has 19 heavy (non-hydrogen) atoms. The highest BCUT2D eigenvalue weighted by atomic mass is 19.1. The van der Waals surface area contributed by atoms with E-state index in [4.69, 9.17) is 9.84 Å². The Morgan fingerprint density at radius 2 is 2.05 bits per heavy atom. The second-order valence-electron chi connectivity index (χ2n) is 5.06. The molecule has 2 atom stereocenters. The van der Waals surface area contributed by atoms with E-state index in [0.29, 0.717) is 12.1 Å². The average molecular weight is 267 g/mol. The van der Waals surface area contributed by atoms with Crippen LogP contribution in [0.2, 0.25) is 0 Å². The summed E-state index contributed by atoms with van der Waals surface area (Å²) in [6, 6.07) is 4.06. The van der Waals surface area contributed by atoms with Gasteiger partial charge in [0.2, 0.25) is 0 Å². The minimum absolute atomic E-state index is 0.0232. The van der Waals surface area contributed by atoms with Crippen LogP contribution >= 0.6 is 0 Å². The van der Waals surface area contributed by atoms with Gasteiger partial charge in [0.15, 0.2) is 0 Å². The van der Waals surface area contributed by atoms with Crippen molar-refractivity contribution in [2.75, 3.05) is 13.1 Å². The number of hydrogen-bond acceptors (Lipinski definition) is 3. The zero-order valence-electron chi connectivity index (χ0n) is 11.1. The van der Waals surface area contributed by atoms with Crippen molar-refractivity contribution < 1.29 is 19.0 Å². The molecule has 104 valence electrons. The van der Waals surface area contributed by atoms with Crippen LogP contribution in [0.15, 0.2) is 18.2 Å². The van der Waals surface area contributed by atoms with Gasteiger partial charge in [-0.05, 0) is 26.0 Å². The fourth-order valence-electron chi connectivity index (χ4n) is 2.46. The van der Waals surface area contributed by atoms with Gasteiger partial charge in [0.1, 0.15) is 5.82 Å². The number of halogens is 1. The number of carboxylic acids is 1. The minimum Gasteiger partial charge on any atom is -0.478 e. The smallest absolute Gasteiger partial charge is 0.335 e. The lowest BCUT2D eigenvalue weighted by molar-refractivity contribution is -0.0707. The molecule has 5 heteroatoms. The van der Waals surface area contributed by atoms with Gasteiger partial charge in [0.05, 0.1) is 17.8 Å². The first-order valence-corrected chi connectivity index (χ1v) is 6.35. The minimum atomic E-state index is -1.11. The van der Waals surface area contributed by atoms with Crippen molar-refractivity contribution in [3.63, 3.8) is 0 Å². The van der Waals surface area contributed by atoms with E-state index in [1.165, 1.54) is 6.07 Å². The normalized spacial score (nSPS) is 24.4. The number of benzene rings is 1. The van der Waals surface area contributed by atoms with Gasteiger partial charge in [0, 0.05) is 25.2 Å². The summed E-state index contributed by atoms with van der Waals surface area (Å²) < 4.78 is 19.5. The maximum Gasteiger partial charge on any atom is 0.335 e. The molecular formula is C14H18FNO3. The molecule has 1 N–H and O–H groups in total. The van der Waals surface area contributed by atoms with Crippen LogP contribution in [-0.2, 0) is 11.3 Å². The Balaban J connectivity index is 2.08. The van der Waals surface area contributed by atoms with E-state index in [1.807, 2.05) is 13.8 Å². The Labute approximate surface area is 111 Å². The highest BCUT2D eigenvalue weighted by Gasteiger charge is 2.23. The quantitative estimate of drug-likeness (QED) is 0.911. The Kier molecular flexibility index (Phi) is 4.17. The van der Waals surface area contributed by atoms with Crippen LogP contribution in [-0.4, -0.2) is 41.3 Å². The molecule has 2 rings (SSSR count). The molecule has 0 amide bonds. The van der Waals surface area contributed by atoms with E-state index in [0.717, 1.165) is 19.2 Å². The molecule has 0 radical (unpaired) electrons. The van der Waals surface area contributed by atoms with Crippen LogP contribution in [0, 0.1) is 5.82 Å². The van der Waals surface area contributed by atoms with Gasteiger partial charge in [0.25, 0.3) is 0 Å². The van der Waals surface area contributed by atoms with Crippen LogP contribution in [0.1, 0.15) is 29.8 Å². The fraction of sp³-hybridized carbons (Fsp3) is 0.500. The number of ether oxygens (including phenoxy) is 1. The van der Waals surface area contributed by atoms with Crippen LogP contribution in [0.4, 0.5) is 4.39 Å². The summed E-state index contributed by atoms with van der Waals surface area (Å²) in [5.41, 5.74) is 0.497. The second kappa shape index (κ2) is 5.67. The van der Waals surface area contributed by atoms with Crippen molar-refractivity contribution in [3.8, 4) is 0 Å². The first kappa shape index (κ1) is 14.0. The molecule has 0 aliphatic carbocycles. The first-order valence-electron chi connectivity index (χ1n) is 6.35. The Hall–Kier alpha value is -1.46. The van der Waals surface area contributed by atoms with E-state index >= 15 is 0 Å². The van der Waals surface area contributed by atoms with Crippen molar-refractivity contribution in [2.45, 2.75) is 32.6 Å². The van der Waals surface area contributed by atoms with Crippen LogP contribution in [0.3, 0.4) is 0 Å². The zero-order valence-corrected chi connectivity index (χ0v) is 11.1. The summed E-state index contributed by atoms with van der Waals surface area (Å²) in [6.07, 6.45) is 0.259. The van der Waals surface area contributed by atoms with E-state index in [2.05, 4.69) is 4.90 Å². The molecule has 0 aromatic heterocycles. The lowest BCUT2D eigenvalue weighted by Crippen LogP contribution is -2.44. The Morgan fingerprint density at radius 1 is 1.42 bits per heavy atom. The van der Waals surface area contributed by atoms with Crippen molar-refractivity contribution >= 4 is 5.97 Å². The standard InChI is InChI=1S/C14H18FNO3/c1-9-6-16(7-10(2)19-9)8-12-4-3-11(14(17)18)5-13(12)15/h3-5,9-10H,6-8H2,1-2H3,(H,17,18). The summed E-state index contributed by atoms with van der Waals surface area (Å²) in [6.45, 7) is 5.97. The van der Waals surface area contributed by atoms with Gasteiger partial charge in [-0.1, -0.05) is 6.07 Å². The summed E-state index contributed by atoms with van der Waals surface area (Å²) in [7, 11) is 0. The number of carboxylic acid groups (broad SMARTS) is 1. The van der Waals surface area contributed by atoms with Gasteiger partial charge in [-0.3, -0.25) is 4.90 Å². The molecule has 1 heterocycles. The number of aromatic carboxylic acids is 1. The Morgan fingerprint density at radius 3 is 2.58 bits per heavy atom. The lowest BCUT2D eigenvalue weighted by Gasteiger charge is -2.35. The Bertz CT molecular complexity index is 468. The van der Waals surface area contributed by atoms with Gasteiger partial charge in [-0.25, -0.2) is 9.18 Å². The topological polar surface area (TPSA) is 49.8 Å². The highest BCUT2D eigenvalue weighted by Crippen LogP contribution is 2.17. The molecule has 1 aromatic rings. The molecule has 1 aliphatic rings. The SMILES string of the molecule is CC1CN(Cc2ccc(C(=O)O)cc2F)CC(C)O1. The van der Waals surface area contributed by atoms with Gasteiger partial charge in [-0.15, -0.1) is 0 Å². The van der Waals surface area contributed by atoms with Crippen LogP contribution < -0.4 is 0 Å². The van der Waals surface area contributed by atoms with Crippen molar-refractivity contribution in [1.82, 2.24) is 4.90 Å². The van der Waals surface area contributed by atoms with E-state index < -0.39 is 11.8 Å². The summed E-state index contributed by atoms with van der Waals surface area (Å²) in [4.78, 5) is 12.9. The fourth-order valence-corrected chi connectivity index (χ4v) is 2.46. The van der Waals surface area contributed by atoms with Crippen molar-refractivity contribution in [3.05, 3.63) is 35.1 Å². The summed E-state index contributed by atoms with van der Waals surface area (Å²) >= 11 is 0. The monoisotopic (exact) mass is 267 g/mol. The maximum absolute atomic E-state index is 13.8. The molecule has 0 saturated carbocycles. The summed E-state index contributed by atoms with van der Waals surface area (Å²) in [5.74, 6) is -1.58. The largest absolute Gasteiger partial charge is 0.478 e. The third-order valence-corrected chi connectivity index (χ3v) is 3.19. The molecule has 2 unspecified atom stereocenters. The molecule has 0 spiro atoms. The number of carbonyl (C=O) groups is 1. The van der Waals surface area contributed by atoms with Crippen LogP contribution in [0.25, 0.3) is 0 Å². The summed E-state index contributed by atoms with van der Waals surface area (Å²) in [5, 5.41) is 8.80. The van der Waals surface area contributed by atoms with E-state index in [9.17, 15) is 9.18 Å². The third kappa shape index (κ3) is 3.52. The average Bonchev–Trinajstić information content (AvgIpc) is 2.30. The lowest BCUT2D eigenvalue weighted by atomic mass is 10.1. The van der Waals surface area contributed by atoms with E-state index in [-0.39, 0.29) is 17.8 Å². The molecule has 1 aliphatic heterocycles. The predicted octanol–water partition coefficient (Wildman–Crippen LogP) is 2.13. The van der Waals surface area contributed by atoms with Gasteiger partial charge >= 0.3 is 5.97 Å². The molecule has 1 aromatic carbocycles. The van der Waals surface area contributed by atoms with Crippen LogP contribution in [0.5, 0.6) is 0 Å². The number of rotatable bonds is 3. The molecule has 1 saturated heterocycles. The number of morpholine rings is 1. The second-order valence-corrected chi connectivity index (χ2v) is 5.06. The van der Waals surface area contributed by atoms with Crippen molar-refractivity contribution in [1.29, 1.82) is 0 Å². The molecule has 0 bridgehead atoms.